The predicted octanol–water partition coefficient (Wildman–Crippen LogP) is 3.47. The highest BCUT2D eigenvalue weighted by Gasteiger charge is 2.01. The van der Waals surface area contributed by atoms with E-state index in [1.54, 1.807) is 30.5 Å². The van der Waals surface area contributed by atoms with E-state index in [0.717, 1.165) is 16.7 Å². The number of hydrogen-bond acceptors (Lipinski definition) is 4. The van der Waals surface area contributed by atoms with Gasteiger partial charge < -0.3 is 15.4 Å². The fourth-order valence-corrected chi connectivity index (χ4v) is 2.59. The molecule has 0 bridgehead atoms. The van der Waals surface area contributed by atoms with Gasteiger partial charge in [-0.15, -0.1) is 35.3 Å². The third-order valence-electron chi connectivity index (χ3n) is 2.78. The molecule has 0 saturated heterocycles. The Morgan fingerprint density at radius 2 is 2.04 bits per heavy atom. The minimum absolute atomic E-state index is 0. The third-order valence-corrected chi connectivity index (χ3v) is 3.94. The standard InChI is InChI=1S/C15H19ClN4OS.HI/c1-11-9-19-14(22-11)10-20-15(17-2)18-7-8-21-13-5-3-12(16)4-6-13;/h3-6,9H,7-8,10H2,1-2H3,(H2,17,18,20);1H. The molecule has 0 fully saturated rings. The second kappa shape index (κ2) is 10.7. The van der Waals surface area contributed by atoms with Gasteiger partial charge in [0, 0.05) is 23.1 Å². The highest BCUT2D eigenvalue weighted by atomic mass is 127. The lowest BCUT2D eigenvalue weighted by Crippen LogP contribution is -2.38. The van der Waals surface area contributed by atoms with Crippen molar-refractivity contribution in [1.29, 1.82) is 0 Å². The van der Waals surface area contributed by atoms with Crippen LogP contribution in [0.2, 0.25) is 5.02 Å². The summed E-state index contributed by atoms with van der Waals surface area (Å²) in [4.78, 5) is 9.67. The van der Waals surface area contributed by atoms with Gasteiger partial charge in [-0.1, -0.05) is 11.6 Å². The molecule has 0 radical (unpaired) electrons. The maximum absolute atomic E-state index is 5.82. The zero-order valence-electron chi connectivity index (χ0n) is 13.0. The van der Waals surface area contributed by atoms with Crippen LogP contribution in [0, 0.1) is 6.92 Å². The van der Waals surface area contributed by atoms with Gasteiger partial charge in [-0.25, -0.2) is 4.98 Å². The van der Waals surface area contributed by atoms with Crippen molar-refractivity contribution in [2.24, 2.45) is 4.99 Å². The number of nitrogens with one attached hydrogen (secondary N) is 2. The zero-order chi connectivity index (χ0) is 15.8. The number of halogens is 2. The maximum atomic E-state index is 5.82. The number of ether oxygens (including phenoxy) is 1. The van der Waals surface area contributed by atoms with Crippen LogP contribution in [-0.4, -0.2) is 31.1 Å². The van der Waals surface area contributed by atoms with Crippen LogP contribution in [0.3, 0.4) is 0 Å². The van der Waals surface area contributed by atoms with Gasteiger partial charge in [-0.3, -0.25) is 4.99 Å². The summed E-state index contributed by atoms with van der Waals surface area (Å²) in [6.07, 6.45) is 1.87. The van der Waals surface area contributed by atoms with Gasteiger partial charge in [0.2, 0.25) is 0 Å². The van der Waals surface area contributed by atoms with Crippen molar-refractivity contribution in [2.45, 2.75) is 13.5 Å². The molecule has 0 saturated carbocycles. The van der Waals surface area contributed by atoms with Gasteiger partial charge in [0.05, 0.1) is 13.1 Å². The minimum Gasteiger partial charge on any atom is -0.492 e. The molecule has 8 heteroatoms. The molecule has 0 aliphatic rings. The third kappa shape index (κ3) is 7.36. The van der Waals surface area contributed by atoms with Crippen LogP contribution < -0.4 is 15.4 Å². The number of aryl methyl sites for hydroxylation is 1. The van der Waals surface area contributed by atoms with Gasteiger partial charge in [0.15, 0.2) is 5.96 Å². The van der Waals surface area contributed by atoms with Crippen molar-refractivity contribution in [3.63, 3.8) is 0 Å². The lowest BCUT2D eigenvalue weighted by Gasteiger charge is -2.11. The molecule has 1 aromatic carbocycles. The lowest BCUT2D eigenvalue weighted by molar-refractivity contribution is 0.322. The van der Waals surface area contributed by atoms with Gasteiger partial charge in [0.25, 0.3) is 0 Å². The van der Waals surface area contributed by atoms with Crippen molar-refractivity contribution in [3.8, 4) is 5.75 Å². The first-order valence-corrected chi connectivity index (χ1v) is 8.11. The number of aromatic nitrogens is 1. The Labute approximate surface area is 162 Å². The van der Waals surface area contributed by atoms with Crippen molar-refractivity contribution in [1.82, 2.24) is 15.6 Å². The van der Waals surface area contributed by atoms with E-state index >= 15 is 0 Å². The first kappa shape index (κ1) is 20.0. The van der Waals surface area contributed by atoms with Crippen LogP contribution in [-0.2, 0) is 6.54 Å². The monoisotopic (exact) mass is 466 g/mol. The fraction of sp³-hybridized carbons (Fsp3) is 0.333. The van der Waals surface area contributed by atoms with Crippen LogP contribution in [0.25, 0.3) is 0 Å². The summed E-state index contributed by atoms with van der Waals surface area (Å²) < 4.78 is 5.61. The van der Waals surface area contributed by atoms with Gasteiger partial charge >= 0.3 is 0 Å². The average Bonchev–Trinajstić information content (AvgIpc) is 2.94. The Bertz CT molecular complexity index is 618. The number of thiazole rings is 1. The summed E-state index contributed by atoms with van der Waals surface area (Å²) in [5.74, 6) is 1.53. The van der Waals surface area contributed by atoms with Crippen LogP contribution >= 0.6 is 46.9 Å². The van der Waals surface area contributed by atoms with E-state index in [4.69, 9.17) is 16.3 Å². The summed E-state index contributed by atoms with van der Waals surface area (Å²) in [6.45, 7) is 3.90. The van der Waals surface area contributed by atoms with Crippen LogP contribution in [0.15, 0.2) is 35.5 Å². The summed E-state index contributed by atoms with van der Waals surface area (Å²) >= 11 is 7.50. The largest absolute Gasteiger partial charge is 0.492 e. The molecular formula is C15H20ClIN4OS. The van der Waals surface area contributed by atoms with E-state index in [-0.39, 0.29) is 24.0 Å². The van der Waals surface area contributed by atoms with E-state index < -0.39 is 0 Å². The molecule has 0 aliphatic heterocycles. The molecule has 0 amide bonds. The smallest absolute Gasteiger partial charge is 0.191 e. The number of aliphatic imine (C=N–C) groups is 1. The van der Waals surface area contributed by atoms with E-state index in [2.05, 4.69) is 20.6 Å². The molecule has 0 spiro atoms. The van der Waals surface area contributed by atoms with Gasteiger partial charge in [-0.2, -0.15) is 0 Å². The lowest BCUT2D eigenvalue weighted by atomic mass is 10.3. The second-order valence-corrected chi connectivity index (χ2v) is 6.28. The maximum Gasteiger partial charge on any atom is 0.191 e. The van der Waals surface area contributed by atoms with Crippen LogP contribution in [0.5, 0.6) is 5.75 Å². The Balaban J connectivity index is 0.00000264. The fourth-order valence-electron chi connectivity index (χ4n) is 1.73. The van der Waals surface area contributed by atoms with E-state index in [9.17, 15) is 0 Å². The summed E-state index contributed by atoms with van der Waals surface area (Å²) in [5.41, 5.74) is 0. The topological polar surface area (TPSA) is 58.5 Å². The highest BCUT2D eigenvalue weighted by molar-refractivity contribution is 14.0. The number of benzene rings is 1. The first-order valence-electron chi connectivity index (χ1n) is 6.91. The van der Waals surface area contributed by atoms with Crippen molar-refractivity contribution in [2.75, 3.05) is 20.2 Å². The molecule has 2 N–H and O–H groups in total. The number of rotatable bonds is 6. The van der Waals surface area contributed by atoms with Crippen molar-refractivity contribution >= 4 is 52.9 Å². The van der Waals surface area contributed by atoms with Crippen LogP contribution in [0.4, 0.5) is 0 Å². The minimum atomic E-state index is 0. The van der Waals surface area contributed by atoms with Gasteiger partial charge in [-0.05, 0) is 31.2 Å². The molecule has 1 aromatic heterocycles. The highest BCUT2D eigenvalue weighted by Crippen LogP contribution is 2.15. The molecular weight excluding hydrogens is 447 g/mol. The molecule has 5 nitrogen and oxygen atoms in total. The Hall–Kier alpha value is -1.06. The molecule has 126 valence electrons. The summed E-state index contributed by atoms with van der Waals surface area (Å²) in [5, 5.41) is 8.15. The molecule has 2 rings (SSSR count). The van der Waals surface area contributed by atoms with Crippen LogP contribution in [0.1, 0.15) is 9.88 Å². The molecule has 1 heterocycles. The average molecular weight is 467 g/mol. The SMILES string of the molecule is CN=C(NCCOc1ccc(Cl)cc1)NCc1ncc(C)s1.I. The normalized spacial score (nSPS) is 10.8. The zero-order valence-corrected chi connectivity index (χ0v) is 16.9. The van der Waals surface area contributed by atoms with E-state index in [1.807, 2.05) is 25.3 Å². The quantitative estimate of drug-likeness (QED) is 0.296. The molecule has 23 heavy (non-hydrogen) atoms. The molecule has 2 aromatic rings. The number of guanidine groups is 1. The predicted molar refractivity (Wildman–Crippen MR) is 107 cm³/mol. The molecule has 0 unspecified atom stereocenters. The second-order valence-electron chi connectivity index (χ2n) is 4.52. The van der Waals surface area contributed by atoms with Crippen molar-refractivity contribution in [3.05, 3.63) is 45.4 Å². The molecule has 0 atom stereocenters. The van der Waals surface area contributed by atoms with Crippen molar-refractivity contribution < 1.29 is 4.74 Å². The summed E-state index contributed by atoms with van der Waals surface area (Å²) in [7, 11) is 1.74. The summed E-state index contributed by atoms with van der Waals surface area (Å²) in [6, 6.07) is 7.31. The van der Waals surface area contributed by atoms with E-state index in [1.165, 1.54) is 4.88 Å². The Kier molecular flexibility index (Phi) is 9.27. The number of nitrogens with zero attached hydrogens (tertiary/aromatic N) is 2. The first-order chi connectivity index (χ1) is 10.7. The van der Waals surface area contributed by atoms with Gasteiger partial charge in [0.1, 0.15) is 17.4 Å². The Morgan fingerprint density at radius 3 is 2.65 bits per heavy atom. The Morgan fingerprint density at radius 1 is 1.30 bits per heavy atom. The van der Waals surface area contributed by atoms with E-state index in [0.29, 0.717) is 24.7 Å². The number of hydrogen-bond donors (Lipinski definition) is 2. The molecule has 0 aliphatic carbocycles.